The summed E-state index contributed by atoms with van der Waals surface area (Å²) in [4.78, 5) is 28.0. The molecule has 1 amide bonds. The first-order valence-electron chi connectivity index (χ1n) is 10.1. The molecule has 1 atom stereocenters. The number of carbonyl (C=O) groups is 2. The summed E-state index contributed by atoms with van der Waals surface area (Å²) in [5, 5.41) is 11.7. The van der Waals surface area contributed by atoms with Crippen LogP contribution >= 0.6 is 11.6 Å². The van der Waals surface area contributed by atoms with E-state index in [1.54, 1.807) is 49.6 Å². The monoisotopic (exact) mass is 447 g/mol. The van der Waals surface area contributed by atoms with Crippen LogP contribution in [-0.4, -0.2) is 23.9 Å². The van der Waals surface area contributed by atoms with Crippen molar-refractivity contribution in [1.29, 1.82) is 0 Å². The van der Waals surface area contributed by atoms with Gasteiger partial charge in [0.15, 0.2) is 0 Å². The highest BCUT2D eigenvalue weighted by Gasteiger charge is 2.47. The van der Waals surface area contributed by atoms with E-state index < -0.39 is 17.7 Å². The first-order valence-corrected chi connectivity index (χ1v) is 10.5. The number of benzene rings is 3. The molecule has 1 fully saturated rings. The molecule has 32 heavy (non-hydrogen) atoms. The van der Waals surface area contributed by atoms with Gasteiger partial charge in [0, 0.05) is 16.3 Å². The number of halogens is 1. The Morgan fingerprint density at radius 2 is 1.69 bits per heavy atom. The Bertz CT molecular complexity index is 1250. The molecule has 4 rings (SSSR count). The lowest BCUT2D eigenvalue weighted by Crippen LogP contribution is -2.30. The number of hydrogen-bond acceptors (Lipinski definition) is 4. The summed E-state index contributed by atoms with van der Waals surface area (Å²) in [6.07, 6.45) is 0. The molecule has 1 aliphatic heterocycles. The van der Waals surface area contributed by atoms with Crippen molar-refractivity contribution in [2.45, 2.75) is 19.9 Å². The van der Waals surface area contributed by atoms with Crippen LogP contribution in [-0.2, 0) is 9.59 Å². The second-order valence-electron chi connectivity index (χ2n) is 7.67. The van der Waals surface area contributed by atoms with Crippen LogP contribution in [0.1, 0.15) is 28.3 Å². The minimum Gasteiger partial charge on any atom is -0.507 e. The third kappa shape index (κ3) is 3.65. The van der Waals surface area contributed by atoms with Crippen molar-refractivity contribution in [3.8, 4) is 5.75 Å². The average molecular weight is 448 g/mol. The van der Waals surface area contributed by atoms with E-state index in [1.807, 2.05) is 38.1 Å². The Morgan fingerprint density at radius 3 is 2.38 bits per heavy atom. The summed E-state index contributed by atoms with van der Waals surface area (Å²) >= 11 is 5.98. The lowest BCUT2D eigenvalue weighted by molar-refractivity contribution is -0.132. The van der Waals surface area contributed by atoms with Crippen molar-refractivity contribution >= 4 is 34.7 Å². The van der Waals surface area contributed by atoms with Gasteiger partial charge in [0.2, 0.25) is 0 Å². The summed E-state index contributed by atoms with van der Waals surface area (Å²) in [7, 11) is 1.55. The lowest BCUT2D eigenvalue weighted by atomic mass is 9.94. The summed E-state index contributed by atoms with van der Waals surface area (Å²) < 4.78 is 5.36. The van der Waals surface area contributed by atoms with Crippen molar-refractivity contribution < 1.29 is 19.4 Å². The molecule has 3 aromatic carbocycles. The maximum absolute atomic E-state index is 13.3. The zero-order valence-electron chi connectivity index (χ0n) is 17.9. The number of aliphatic hydroxyl groups is 1. The van der Waals surface area contributed by atoms with E-state index in [0.29, 0.717) is 27.6 Å². The van der Waals surface area contributed by atoms with Gasteiger partial charge in [-0.05, 0) is 73.0 Å². The molecule has 1 heterocycles. The van der Waals surface area contributed by atoms with Gasteiger partial charge in [-0.15, -0.1) is 0 Å². The fourth-order valence-corrected chi connectivity index (χ4v) is 4.09. The van der Waals surface area contributed by atoms with Gasteiger partial charge in [-0.25, -0.2) is 0 Å². The zero-order valence-corrected chi connectivity index (χ0v) is 18.7. The van der Waals surface area contributed by atoms with E-state index in [2.05, 4.69) is 0 Å². The number of Topliss-reactive ketones (excluding diaryl/α,β-unsaturated/α-hetero) is 1. The normalized spacial score (nSPS) is 17.6. The fraction of sp³-hybridized carbons (Fsp3) is 0.154. The van der Waals surface area contributed by atoms with Crippen molar-refractivity contribution in [3.05, 3.63) is 99.6 Å². The van der Waals surface area contributed by atoms with E-state index >= 15 is 0 Å². The van der Waals surface area contributed by atoms with Crippen LogP contribution in [0.5, 0.6) is 5.75 Å². The number of methoxy groups -OCH3 is 1. The number of amides is 1. The van der Waals surface area contributed by atoms with Crippen LogP contribution in [0, 0.1) is 13.8 Å². The number of carbonyl (C=O) groups excluding carboxylic acids is 2. The average Bonchev–Trinajstić information content (AvgIpc) is 3.06. The fourth-order valence-electron chi connectivity index (χ4n) is 3.97. The second-order valence-corrected chi connectivity index (χ2v) is 8.11. The third-order valence-corrected chi connectivity index (χ3v) is 6.06. The largest absolute Gasteiger partial charge is 0.507 e. The number of hydrogen-bond donors (Lipinski definition) is 1. The van der Waals surface area contributed by atoms with Crippen LogP contribution in [0.3, 0.4) is 0 Å². The van der Waals surface area contributed by atoms with Gasteiger partial charge in [-0.3, -0.25) is 14.5 Å². The predicted octanol–water partition coefficient (Wildman–Crippen LogP) is 5.59. The second kappa shape index (κ2) is 8.52. The van der Waals surface area contributed by atoms with Gasteiger partial charge in [0.1, 0.15) is 11.5 Å². The van der Waals surface area contributed by atoms with E-state index in [0.717, 1.165) is 11.1 Å². The van der Waals surface area contributed by atoms with Gasteiger partial charge >= 0.3 is 0 Å². The molecule has 0 saturated carbocycles. The summed E-state index contributed by atoms with van der Waals surface area (Å²) in [5.74, 6) is -1.10. The van der Waals surface area contributed by atoms with E-state index in [-0.39, 0.29) is 11.3 Å². The van der Waals surface area contributed by atoms with Crippen LogP contribution < -0.4 is 9.64 Å². The van der Waals surface area contributed by atoms with E-state index in [1.165, 1.54) is 4.90 Å². The Hall–Kier alpha value is -3.57. The highest BCUT2D eigenvalue weighted by atomic mass is 35.5. The van der Waals surface area contributed by atoms with Gasteiger partial charge in [-0.1, -0.05) is 35.9 Å². The molecule has 0 spiro atoms. The SMILES string of the molecule is COc1cccc(C2/C(=C(\O)c3ccc(Cl)cc3)C(=O)C(=O)N2c2cccc(C)c2C)c1. The Kier molecular flexibility index (Phi) is 5.76. The summed E-state index contributed by atoms with van der Waals surface area (Å²) in [6, 6.07) is 18.4. The molecule has 1 aliphatic rings. The maximum Gasteiger partial charge on any atom is 0.300 e. The Labute approximate surface area is 191 Å². The van der Waals surface area contributed by atoms with Crippen LogP contribution in [0.4, 0.5) is 5.69 Å². The topological polar surface area (TPSA) is 66.8 Å². The number of nitrogens with zero attached hydrogens (tertiary/aromatic N) is 1. The molecular formula is C26H22ClNO4. The zero-order chi connectivity index (χ0) is 23.0. The minimum absolute atomic E-state index is 0.0199. The Morgan fingerprint density at radius 1 is 1.00 bits per heavy atom. The Balaban J connectivity index is 1.99. The van der Waals surface area contributed by atoms with Crippen molar-refractivity contribution in [2.75, 3.05) is 12.0 Å². The number of rotatable bonds is 4. The molecule has 0 bridgehead atoms. The molecule has 0 aromatic heterocycles. The van der Waals surface area contributed by atoms with Crippen LogP contribution in [0.25, 0.3) is 5.76 Å². The van der Waals surface area contributed by atoms with Crippen LogP contribution in [0.15, 0.2) is 72.3 Å². The quantitative estimate of drug-likeness (QED) is 0.321. The smallest absolute Gasteiger partial charge is 0.300 e. The highest BCUT2D eigenvalue weighted by Crippen LogP contribution is 2.44. The predicted molar refractivity (Wildman–Crippen MR) is 125 cm³/mol. The standard InChI is InChI=1S/C26H22ClNO4/c1-15-6-4-9-21(16(15)2)28-23(18-7-5-8-20(14-18)32-3)22(25(30)26(28)31)24(29)17-10-12-19(27)13-11-17/h4-14,23,29H,1-3H3/b24-22+. The lowest BCUT2D eigenvalue weighted by Gasteiger charge is -2.27. The maximum atomic E-state index is 13.3. The first-order chi connectivity index (χ1) is 15.3. The molecule has 0 aliphatic carbocycles. The number of anilines is 1. The number of ketones is 1. The summed E-state index contributed by atoms with van der Waals surface area (Å²) in [6.45, 7) is 3.86. The minimum atomic E-state index is -0.818. The van der Waals surface area contributed by atoms with Gasteiger partial charge in [0.05, 0.1) is 18.7 Å². The molecule has 1 N–H and O–H groups in total. The van der Waals surface area contributed by atoms with Gasteiger partial charge < -0.3 is 9.84 Å². The molecule has 3 aromatic rings. The third-order valence-electron chi connectivity index (χ3n) is 5.81. The number of aryl methyl sites for hydroxylation is 1. The molecule has 1 unspecified atom stereocenters. The number of ether oxygens (including phenoxy) is 1. The molecule has 0 radical (unpaired) electrons. The number of aliphatic hydroxyl groups excluding tert-OH is 1. The van der Waals surface area contributed by atoms with E-state index in [9.17, 15) is 14.7 Å². The highest BCUT2D eigenvalue weighted by molar-refractivity contribution is 6.51. The van der Waals surface area contributed by atoms with Crippen LogP contribution in [0.2, 0.25) is 5.02 Å². The molecule has 6 heteroatoms. The first kappa shape index (κ1) is 21.7. The van der Waals surface area contributed by atoms with Crippen molar-refractivity contribution in [2.24, 2.45) is 0 Å². The molecule has 1 saturated heterocycles. The molecule has 162 valence electrons. The van der Waals surface area contributed by atoms with Gasteiger partial charge in [-0.2, -0.15) is 0 Å². The van der Waals surface area contributed by atoms with Crippen molar-refractivity contribution in [1.82, 2.24) is 0 Å². The van der Waals surface area contributed by atoms with E-state index in [4.69, 9.17) is 16.3 Å². The molecule has 5 nitrogen and oxygen atoms in total. The van der Waals surface area contributed by atoms with Crippen molar-refractivity contribution in [3.63, 3.8) is 0 Å². The molecular weight excluding hydrogens is 426 g/mol. The van der Waals surface area contributed by atoms with Gasteiger partial charge in [0.25, 0.3) is 11.7 Å². The summed E-state index contributed by atoms with van der Waals surface area (Å²) in [5.41, 5.74) is 3.57.